The minimum absolute atomic E-state index is 0.0364. The molecular weight excluding hydrogens is 320 g/mol. The van der Waals surface area contributed by atoms with Gasteiger partial charge in [0.15, 0.2) is 0 Å². The molecule has 1 N–H and O–H groups in total. The van der Waals surface area contributed by atoms with Crippen molar-refractivity contribution in [2.45, 2.75) is 45.4 Å². The molecule has 1 aliphatic carbocycles. The van der Waals surface area contributed by atoms with Crippen molar-refractivity contribution in [2.75, 3.05) is 32.1 Å². The summed E-state index contributed by atoms with van der Waals surface area (Å²) in [6, 6.07) is 1.88. The largest absolute Gasteiger partial charge is 0.383 e. The van der Waals surface area contributed by atoms with Crippen molar-refractivity contribution in [1.29, 1.82) is 0 Å². The van der Waals surface area contributed by atoms with Crippen molar-refractivity contribution in [2.24, 2.45) is 13.0 Å². The smallest absolute Gasteiger partial charge is 0.245 e. The molecule has 2 amide bonds. The zero-order chi connectivity index (χ0) is 18.6. The monoisotopic (exact) mass is 350 g/mol. The summed E-state index contributed by atoms with van der Waals surface area (Å²) in [5, 5.41) is 7.32. The first kappa shape index (κ1) is 19.4. The molecule has 2 rings (SSSR count). The fourth-order valence-corrected chi connectivity index (χ4v) is 2.69. The number of rotatable bonds is 7. The Bertz CT molecular complexity index is 614. The highest BCUT2D eigenvalue weighted by Crippen LogP contribution is 2.28. The predicted octanol–water partition coefficient (Wildman–Crippen LogP) is 1.93. The standard InChI is InChI=1S/C18H30N4O3/c1-18(2,3)14-11-15(21(4)20-14)19-16(23)12-22(9-10-25-5)17(24)13-7-6-8-13/h11,13H,6-10,12H2,1-5H3,(H,19,23). The van der Waals surface area contributed by atoms with Crippen LogP contribution < -0.4 is 5.32 Å². The van der Waals surface area contributed by atoms with Gasteiger partial charge in [-0.15, -0.1) is 0 Å². The summed E-state index contributed by atoms with van der Waals surface area (Å²) >= 11 is 0. The van der Waals surface area contributed by atoms with Crippen LogP contribution in [0.1, 0.15) is 45.7 Å². The Kier molecular flexibility index (Phi) is 6.21. The van der Waals surface area contributed by atoms with Crippen LogP contribution in [0.4, 0.5) is 5.82 Å². The number of methoxy groups -OCH3 is 1. The highest BCUT2D eigenvalue weighted by Gasteiger charge is 2.30. The fourth-order valence-electron chi connectivity index (χ4n) is 2.69. The highest BCUT2D eigenvalue weighted by atomic mass is 16.5. The summed E-state index contributed by atoms with van der Waals surface area (Å²) in [7, 11) is 3.39. The molecule has 1 aromatic rings. The SMILES string of the molecule is COCCN(CC(=O)Nc1cc(C(C)(C)C)nn1C)C(=O)C1CCC1. The van der Waals surface area contributed by atoms with Crippen LogP contribution >= 0.6 is 0 Å². The zero-order valence-corrected chi connectivity index (χ0v) is 16.0. The lowest BCUT2D eigenvalue weighted by molar-refractivity contribution is -0.141. The molecule has 1 aromatic heterocycles. The van der Waals surface area contributed by atoms with Crippen LogP contribution in [0.15, 0.2) is 6.07 Å². The number of nitrogens with one attached hydrogen (secondary N) is 1. The van der Waals surface area contributed by atoms with E-state index in [1.54, 1.807) is 23.7 Å². The number of aromatic nitrogens is 2. The second-order valence-electron chi connectivity index (χ2n) is 7.72. The minimum Gasteiger partial charge on any atom is -0.383 e. The van der Waals surface area contributed by atoms with E-state index in [2.05, 4.69) is 31.2 Å². The summed E-state index contributed by atoms with van der Waals surface area (Å²) in [6.07, 6.45) is 2.92. The second-order valence-corrected chi connectivity index (χ2v) is 7.72. The molecule has 25 heavy (non-hydrogen) atoms. The fraction of sp³-hybridized carbons (Fsp3) is 0.722. The third-order valence-corrected chi connectivity index (χ3v) is 4.58. The van der Waals surface area contributed by atoms with Crippen LogP contribution in [0.25, 0.3) is 0 Å². The van der Waals surface area contributed by atoms with E-state index in [0.717, 1.165) is 25.0 Å². The van der Waals surface area contributed by atoms with Crippen molar-refractivity contribution in [3.05, 3.63) is 11.8 Å². The molecule has 0 saturated heterocycles. The number of amides is 2. The molecule has 0 aliphatic heterocycles. The summed E-state index contributed by atoms with van der Waals surface area (Å²) in [5.41, 5.74) is 0.817. The first-order chi connectivity index (χ1) is 11.7. The lowest BCUT2D eigenvalue weighted by atomic mass is 9.84. The number of aryl methyl sites for hydroxylation is 1. The molecule has 0 atom stereocenters. The number of nitrogens with zero attached hydrogens (tertiary/aromatic N) is 3. The third-order valence-electron chi connectivity index (χ3n) is 4.58. The number of hydrogen-bond donors (Lipinski definition) is 1. The number of carbonyl (C=O) groups excluding carboxylic acids is 2. The number of hydrogen-bond acceptors (Lipinski definition) is 4. The van der Waals surface area contributed by atoms with Gasteiger partial charge in [-0.1, -0.05) is 27.2 Å². The van der Waals surface area contributed by atoms with E-state index in [1.165, 1.54) is 0 Å². The van der Waals surface area contributed by atoms with Crippen LogP contribution in [0, 0.1) is 5.92 Å². The molecule has 0 spiro atoms. The van der Waals surface area contributed by atoms with E-state index in [9.17, 15) is 9.59 Å². The summed E-state index contributed by atoms with van der Waals surface area (Å²) in [5.74, 6) is 0.539. The van der Waals surface area contributed by atoms with E-state index in [4.69, 9.17) is 4.74 Å². The number of ether oxygens (including phenoxy) is 1. The van der Waals surface area contributed by atoms with Crippen LogP contribution in [-0.4, -0.2) is 53.3 Å². The van der Waals surface area contributed by atoms with E-state index in [0.29, 0.717) is 19.0 Å². The molecule has 1 fully saturated rings. The van der Waals surface area contributed by atoms with Crippen LogP contribution in [-0.2, 0) is 26.8 Å². The molecular formula is C18H30N4O3. The lowest BCUT2D eigenvalue weighted by Gasteiger charge is -2.31. The molecule has 1 aliphatic rings. The molecule has 1 saturated carbocycles. The van der Waals surface area contributed by atoms with Crippen molar-refractivity contribution in [1.82, 2.24) is 14.7 Å². The van der Waals surface area contributed by atoms with Gasteiger partial charge in [0.2, 0.25) is 11.8 Å². The van der Waals surface area contributed by atoms with Crippen molar-refractivity contribution in [3.8, 4) is 0 Å². The van der Waals surface area contributed by atoms with Gasteiger partial charge in [-0.05, 0) is 12.8 Å². The van der Waals surface area contributed by atoms with Gasteiger partial charge in [0.1, 0.15) is 5.82 Å². The molecule has 140 valence electrons. The quantitative estimate of drug-likeness (QED) is 0.815. The Morgan fingerprint density at radius 2 is 2.08 bits per heavy atom. The van der Waals surface area contributed by atoms with Crippen LogP contribution in [0.5, 0.6) is 0 Å². The first-order valence-corrected chi connectivity index (χ1v) is 8.84. The molecule has 0 unspecified atom stereocenters. The Morgan fingerprint density at radius 3 is 2.56 bits per heavy atom. The summed E-state index contributed by atoms with van der Waals surface area (Å²) in [6.45, 7) is 7.11. The molecule has 7 nitrogen and oxygen atoms in total. The molecule has 1 heterocycles. The number of anilines is 1. The van der Waals surface area contributed by atoms with E-state index >= 15 is 0 Å². The van der Waals surface area contributed by atoms with Crippen molar-refractivity contribution < 1.29 is 14.3 Å². The zero-order valence-electron chi connectivity index (χ0n) is 16.0. The second kappa shape index (κ2) is 7.99. The first-order valence-electron chi connectivity index (χ1n) is 8.84. The maximum Gasteiger partial charge on any atom is 0.245 e. The summed E-state index contributed by atoms with van der Waals surface area (Å²) in [4.78, 5) is 26.5. The topological polar surface area (TPSA) is 76.5 Å². The Hall–Kier alpha value is -1.89. The van der Waals surface area contributed by atoms with Crippen molar-refractivity contribution in [3.63, 3.8) is 0 Å². The third kappa shape index (κ3) is 5.04. The molecule has 0 aromatic carbocycles. The Labute approximate surface area is 149 Å². The lowest BCUT2D eigenvalue weighted by Crippen LogP contribution is -2.44. The normalized spacial score (nSPS) is 14.9. The van der Waals surface area contributed by atoms with E-state index in [1.807, 2.05) is 6.07 Å². The molecule has 0 radical (unpaired) electrons. The van der Waals surface area contributed by atoms with E-state index < -0.39 is 0 Å². The molecule has 0 bridgehead atoms. The Balaban J connectivity index is 2.00. The van der Waals surface area contributed by atoms with Crippen LogP contribution in [0.2, 0.25) is 0 Å². The summed E-state index contributed by atoms with van der Waals surface area (Å²) < 4.78 is 6.73. The average Bonchev–Trinajstić information content (AvgIpc) is 2.82. The van der Waals surface area contributed by atoms with Crippen molar-refractivity contribution >= 4 is 17.6 Å². The van der Waals surface area contributed by atoms with Gasteiger partial charge in [-0.3, -0.25) is 14.3 Å². The average molecular weight is 350 g/mol. The maximum absolute atomic E-state index is 12.5. The van der Waals surface area contributed by atoms with Gasteiger partial charge in [-0.25, -0.2) is 0 Å². The highest BCUT2D eigenvalue weighted by molar-refractivity contribution is 5.94. The predicted molar refractivity (Wildman–Crippen MR) is 96.3 cm³/mol. The Morgan fingerprint density at radius 1 is 1.40 bits per heavy atom. The van der Waals surface area contributed by atoms with Gasteiger partial charge >= 0.3 is 0 Å². The van der Waals surface area contributed by atoms with Gasteiger partial charge in [0, 0.05) is 38.1 Å². The van der Waals surface area contributed by atoms with E-state index in [-0.39, 0.29) is 29.7 Å². The van der Waals surface area contributed by atoms with Gasteiger partial charge in [0.25, 0.3) is 0 Å². The van der Waals surface area contributed by atoms with Crippen LogP contribution in [0.3, 0.4) is 0 Å². The number of carbonyl (C=O) groups is 2. The minimum atomic E-state index is -0.216. The van der Waals surface area contributed by atoms with Gasteiger partial charge in [0.05, 0.1) is 18.8 Å². The maximum atomic E-state index is 12.5. The van der Waals surface area contributed by atoms with Gasteiger partial charge < -0.3 is 15.0 Å². The van der Waals surface area contributed by atoms with Gasteiger partial charge in [-0.2, -0.15) is 5.10 Å². The molecule has 7 heteroatoms.